The first-order valence-electron chi connectivity index (χ1n) is 6.04. The highest BCUT2D eigenvalue weighted by Crippen LogP contribution is 2.37. The molecule has 0 atom stereocenters. The second kappa shape index (κ2) is 5.03. The molecule has 1 heterocycles. The number of hydrogen-bond acceptors (Lipinski definition) is 1. The van der Waals surface area contributed by atoms with Gasteiger partial charge in [0.15, 0.2) is 0 Å². The fourth-order valence-electron chi connectivity index (χ4n) is 2.19. The van der Waals surface area contributed by atoms with E-state index >= 15 is 0 Å². The van der Waals surface area contributed by atoms with Crippen LogP contribution in [-0.2, 0) is 17.6 Å². The summed E-state index contributed by atoms with van der Waals surface area (Å²) in [5, 5.41) is 0. The summed E-state index contributed by atoms with van der Waals surface area (Å²) in [6.45, 7) is -0.275. The number of carbonyl (C=O) groups excluding carboxylic acids is 1. The van der Waals surface area contributed by atoms with Crippen LogP contribution in [0.25, 0.3) is 0 Å². The van der Waals surface area contributed by atoms with Crippen molar-refractivity contribution in [2.45, 2.75) is 24.9 Å². The number of nitrogens with zero attached hydrogens (tertiary/aromatic N) is 1. The second-order valence-corrected chi connectivity index (χ2v) is 4.63. The molecule has 1 aliphatic rings. The second-order valence-electron chi connectivity index (χ2n) is 4.63. The monoisotopic (exact) mass is 293 g/mol. The van der Waals surface area contributed by atoms with Gasteiger partial charge >= 0.3 is 18.0 Å². The summed E-state index contributed by atoms with van der Waals surface area (Å²) in [5.41, 5.74) is 1.75. The molecule has 0 unspecified atom stereocenters. The van der Waals surface area contributed by atoms with E-state index in [1.54, 1.807) is 24.3 Å². The Bertz CT molecular complexity index is 485. The molecule has 1 aromatic carbocycles. The number of alkyl halides is 5. The van der Waals surface area contributed by atoms with Crippen molar-refractivity contribution in [3.8, 4) is 0 Å². The van der Waals surface area contributed by atoms with Crippen LogP contribution >= 0.6 is 0 Å². The Morgan fingerprint density at radius 2 is 1.40 bits per heavy atom. The van der Waals surface area contributed by atoms with Crippen molar-refractivity contribution in [3.05, 3.63) is 35.4 Å². The van der Waals surface area contributed by atoms with Crippen molar-refractivity contribution in [2.75, 3.05) is 13.1 Å². The predicted molar refractivity (Wildman–Crippen MR) is 61.4 cm³/mol. The Balaban J connectivity index is 2.15. The average molecular weight is 293 g/mol. The van der Waals surface area contributed by atoms with Crippen molar-refractivity contribution in [3.63, 3.8) is 0 Å². The maximum atomic E-state index is 13.1. The van der Waals surface area contributed by atoms with Crippen molar-refractivity contribution in [1.29, 1.82) is 0 Å². The highest BCUT2D eigenvalue weighted by atomic mass is 19.4. The molecule has 0 aromatic heterocycles. The zero-order valence-corrected chi connectivity index (χ0v) is 10.4. The Morgan fingerprint density at radius 1 is 0.950 bits per heavy atom. The molecule has 1 amide bonds. The summed E-state index contributed by atoms with van der Waals surface area (Å²) in [6, 6.07) is 7.09. The van der Waals surface area contributed by atoms with Crippen LogP contribution in [0.3, 0.4) is 0 Å². The van der Waals surface area contributed by atoms with Crippen LogP contribution in [0.15, 0.2) is 24.3 Å². The van der Waals surface area contributed by atoms with Crippen LogP contribution in [0.5, 0.6) is 0 Å². The summed E-state index contributed by atoms with van der Waals surface area (Å²) >= 11 is 0. The summed E-state index contributed by atoms with van der Waals surface area (Å²) in [5.74, 6) is -7.50. The number of amides is 1. The molecule has 0 saturated carbocycles. The topological polar surface area (TPSA) is 20.3 Å². The maximum absolute atomic E-state index is 13.1. The molecular formula is C13H12F5NO. The summed E-state index contributed by atoms with van der Waals surface area (Å²) in [6.07, 6.45) is -5.31. The van der Waals surface area contributed by atoms with Gasteiger partial charge < -0.3 is 4.90 Å². The highest BCUT2D eigenvalue weighted by molar-refractivity contribution is 5.84. The zero-order valence-electron chi connectivity index (χ0n) is 10.4. The van der Waals surface area contributed by atoms with Gasteiger partial charge in [-0.05, 0) is 24.0 Å². The lowest BCUT2D eigenvalue weighted by Crippen LogP contribution is -2.52. The van der Waals surface area contributed by atoms with Gasteiger partial charge in [-0.3, -0.25) is 4.79 Å². The molecule has 0 spiro atoms. The number of benzene rings is 1. The minimum absolute atomic E-state index is 0.137. The van der Waals surface area contributed by atoms with Crippen molar-refractivity contribution < 1.29 is 26.7 Å². The molecule has 0 saturated heterocycles. The van der Waals surface area contributed by atoms with Crippen LogP contribution in [-0.4, -0.2) is 36.0 Å². The fourth-order valence-corrected chi connectivity index (χ4v) is 2.19. The first-order valence-corrected chi connectivity index (χ1v) is 6.04. The highest BCUT2D eigenvalue weighted by Gasteiger charge is 2.64. The standard InChI is InChI=1S/C13H12F5NO/c14-12(15,13(16,17)18)11(20)19-7-5-9-3-1-2-4-10(9)6-8-19/h1-4H,5-8H2. The third kappa shape index (κ3) is 2.62. The SMILES string of the molecule is O=C(N1CCc2ccccc2CC1)C(F)(F)C(F)(F)F. The van der Waals surface area contributed by atoms with E-state index < -0.39 is 18.0 Å². The minimum Gasteiger partial charge on any atom is -0.336 e. The van der Waals surface area contributed by atoms with Crippen LogP contribution in [0.4, 0.5) is 22.0 Å². The molecule has 2 nitrogen and oxygen atoms in total. The molecule has 1 aliphatic heterocycles. The molecule has 0 bridgehead atoms. The summed E-state index contributed by atoms with van der Waals surface area (Å²) < 4.78 is 62.7. The van der Waals surface area contributed by atoms with Gasteiger partial charge in [-0.2, -0.15) is 22.0 Å². The molecule has 7 heteroatoms. The summed E-state index contributed by atoms with van der Waals surface area (Å²) in [4.78, 5) is 12.0. The lowest BCUT2D eigenvalue weighted by atomic mass is 10.0. The normalized spacial score (nSPS) is 16.6. The fraction of sp³-hybridized carbons (Fsp3) is 0.462. The zero-order chi connectivity index (χ0) is 15.0. The van der Waals surface area contributed by atoms with Gasteiger partial charge in [0.2, 0.25) is 0 Å². The molecule has 1 aromatic rings. The number of hydrogen-bond donors (Lipinski definition) is 0. The van der Waals surface area contributed by atoms with E-state index in [0.717, 1.165) is 11.1 Å². The first-order chi connectivity index (χ1) is 9.23. The maximum Gasteiger partial charge on any atom is 0.463 e. The van der Waals surface area contributed by atoms with Crippen LogP contribution < -0.4 is 0 Å². The van der Waals surface area contributed by atoms with Gasteiger partial charge in [0.1, 0.15) is 0 Å². The predicted octanol–water partition coefficient (Wildman–Crippen LogP) is 2.81. The smallest absolute Gasteiger partial charge is 0.336 e. The first kappa shape index (κ1) is 14.7. The Morgan fingerprint density at radius 3 is 1.80 bits per heavy atom. The number of halogens is 5. The third-order valence-corrected chi connectivity index (χ3v) is 3.33. The van der Waals surface area contributed by atoms with E-state index in [1.807, 2.05) is 0 Å². The van der Waals surface area contributed by atoms with E-state index in [1.165, 1.54) is 0 Å². The minimum atomic E-state index is -5.86. The van der Waals surface area contributed by atoms with E-state index in [4.69, 9.17) is 0 Å². The summed E-state index contributed by atoms with van der Waals surface area (Å²) in [7, 11) is 0. The van der Waals surface area contributed by atoms with E-state index in [2.05, 4.69) is 0 Å². The molecule has 2 rings (SSSR count). The van der Waals surface area contributed by atoms with Crippen molar-refractivity contribution in [2.24, 2.45) is 0 Å². The number of rotatable bonds is 1. The van der Waals surface area contributed by atoms with Gasteiger partial charge in [0.25, 0.3) is 0 Å². The third-order valence-electron chi connectivity index (χ3n) is 3.33. The number of fused-ring (bicyclic) bond motifs is 1. The Hall–Kier alpha value is -1.66. The van der Waals surface area contributed by atoms with E-state index in [0.29, 0.717) is 4.90 Å². The molecule has 0 fully saturated rings. The lowest BCUT2D eigenvalue weighted by molar-refractivity contribution is -0.274. The lowest BCUT2D eigenvalue weighted by Gasteiger charge is -2.26. The average Bonchev–Trinajstić information content (AvgIpc) is 2.59. The van der Waals surface area contributed by atoms with Crippen LogP contribution in [0, 0.1) is 0 Å². The Kier molecular flexibility index (Phi) is 3.71. The van der Waals surface area contributed by atoms with Crippen LogP contribution in [0.1, 0.15) is 11.1 Å². The van der Waals surface area contributed by atoms with Crippen LogP contribution in [0.2, 0.25) is 0 Å². The number of carbonyl (C=O) groups is 1. The van der Waals surface area contributed by atoms with Gasteiger partial charge in [0, 0.05) is 13.1 Å². The molecule has 110 valence electrons. The quantitative estimate of drug-likeness (QED) is 0.729. The van der Waals surface area contributed by atoms with E-state index in [9.17, 15) is 26.7 Å². The molecule has 0 aliphatic carbocycles. The molecule has 0 radical (unpaired) electrons. The molecule has 0 N–H and O–H groups in total. The van der Waals surface area contributed by atoms with E-state index in [-0.39, 0.29) is 25.9 Å². The van der Waals surface area contributed by atoms with Gasteiger partial charge in [-0.1, -0.05) is 24.3 Å². The van der Waals surface area contributed by atoms with Crippen molar-refractivity contribution >= 4 is 5.91 Å². The molecule has 20 heavy (non-hydrogen) atoms. The largest absolute Gasteiger partial charge is 0.463 e. The Labute approximate surface area is 112 Å². The van der Waals surface area contributed by atoms with Gasteiger partial charge in [-0.15, -0.1) is 0 Å². The molecular weight excluding hydrogens is 281 g/mol. The van der Waals surface area contributed by atoms with Crippen molar-refractivity contribution in [1.82, 2.24) is 4.90 Å². The van der Waals surface area contributed by atoms with Gasteiger partial charge in [-0.25, -0.2) is 0 Å². The van der Waals surface area contributed by atoms with Gasteiger partial charge in [0.05, 0.1) is 0 Å².